The largest absolute Gasteiger partial charge is 0.367 e. The molecular formula is C8H18N4. The summed E-state index contributed by atoms with van der Waals surface area (Å²) in [4.78, 5) is 4.28. The van der Waals surface area contributed by atoms with Gasteiger partial charge in [-0.3, -0.25) is 5.01 Å². The van der Waals surface area contributed by atoms with E-state index in [-0.39, 0.29) is 0 Å². The second-order valence-corrected chi connectivity index (χ2v) is 3.45. The van der Waals surface area contributed by atoms with Gasteiger partial charge in [-0.05, 0) is 7.05 Å². The molecule has 0 saturated carbocycles. The van der Waals surface area contributed by atoms with Gasteiger partial charge in [0.2, 0.25) is 0 Å². The molecule has 1 saturated heterocycles. The second-order valence-electron chi connectivity index (χ2n) is 3.45. The Morgan fingerprint density at radius 3 is 2.25 bits per heavy atom. The molecule has 4 nitrogen and oxygen atoms in total. The number of likely N-dealkylation sites (N-methyl/N-ethyl adjacent to an activating group) is 1. The van der Waals surface area contributed by atoms with Crippen molar-refractivity contribution < 1.29 is 0 Å². The summed E-state index contributed by atoms with van der Waals surface area (Å²) in [6, 6.07) is 0. The van der Waals surface area contributed by atoms with Crippen LogP contribution in [-0.4, -0.2) is 68.5 Å². The number of hydrogen-bond donors (Lipinski definition) is 0. The molecule has 1 rings (SSSR count). The maximum atomic E-state index is 4.32. The fourth-order valence-electron chi connectivity index (χ4n) is 1.09. The molecule has 4 heteroatoms. The van der Waals surface area contributed by atoms with Crippen LogP contribution in [0.5, 0.6) is 0 Å². The maximum absolute atomic E-state index is 4.32. The number of hydrogen-bond acceptors (Lipinski definition) is 3. The summed E-state index contributed by atoms with van der Waals surface area (Å²) >= 11 is 0. The Labute approximate surface area is 74.4 Å². The number of rotatable bonds is 2. The monoisotopic (exact) mass is 170 g/mol. The van der Waals surface area contributed by atoms with Crippen LogP contribution in [0, 0.1) is 0 Å². The minimum atomic E-state index is 1.04. The zero-order chi connectivity index (χ0) is 8.97. The highest BCUT2D eigenvalue weighted by molar-refractivity contribution is 5.53. The third-order valence-electron chi connectivity index (χ3n) is 1.93. The van der Waals surface area contributed by atoms with E-state index < -0.39 is 0 Å². The number of hydrazone groups is 1. The first kappa shape index (κ1) is 9.32. The van der Waals surface area contributed by atoms with Gasteiger partial charge in [-0.25, -0.2) is 0 Å². The average Bonchev–Trinajstić information content (AvgIpc) is 2.03. The van der Waals surface area contributed by atoms with Crippen LogP contribution in [0.3, 0.4) is 0 Å². The van der Waals surface area contributed by atoms with Gasteiger partial charge in [0.05, 0.1) is 0 Å². The van der Waals surface area contributed by atoms with E-state index in [4.69, 9.17) is 0 Å². The van der Waals surface area contributed by atoms with Gasteiger partial charge in [0, 0.05) is 40.3 Å². The van der Waals surface area contributed by atoms with Crippen LogP contribution in [0.1, 0.15) is 0 Å². The summed E-state index contributed by atoms with van der Waals surface area (Å²) < 4.78 is 0. The Morgan fingerprint density at radius 2 is 1.75 bits per heavy atom. The Morgan fingerprint density at radius 1 is 1.17 bits per heavy atom. The van der Waals surface area contributed by atoms with Crippen molar-refractivity contribution in [1.29, 1.82) is 0 Å². The van der Waals surface area contributed by atoms with Crippen molar-refractivity contribution in [3.05, 3.63) is 0 Å². The van der Waals surface area contributed by atoms with E-state index >= 15 is 0 Å². The molecule has 0 aliphatic carbocycles. The first-order valence-electron chi connectivity index (χ1n) is 4.32. The van der Waals surface area contributed by atoms with Crippen LogP contribution in [0.25, 0.3) is 0 Å². The van der Waals surface area contributed by atoms with Crippen LogP contribution in [0.2, 0.25) is 0 Å². The molecule has 70 valence electrons. The minimum Gasteiger partial charge on any atom is -0.367 e. The summed E-state index contributed by atoms with van der Waals surface area (Å²) in [7, 11) is 6.12. The van der Waals surface area contributed by atoms with Crippen LogP contribution in [-0.2, 0) is 0 Å². The third-order valence-corrected chi connectivity index (χ3v) is 1.93. The summed E-state index contributed by atoms with van der Waals surface area (Å²) in [6.45, 7) is 4.32. The van der Waals surface area contributed by atoms with E-state index in [9.17, 15) is 0 Å². The Kier molecular flexibility index (Phi) is 3.34. The van der Waals surface area contributed by atoms with E-state index in [1.165, 1.54) is 0 Å². The first-order chi connectivity index (χ1) is 5.68. The molecule has 0 aromatic carbocycles. The van der Waals surface area contributed by atoms with E-state index in [0.717, 1.165) is 26.2 Å². The molecule has 0 aromatic heterocycles. The molecule has 1 fully saturated rings. The van der Waals surface area contributed by atoms with Gasteiger partial charge in [-0.15, -0.1) is 0 Å². The second kappa shape index (κ2) is 4.30. The lowest BCUT2D eigenvalue weighted by Gasteiger charge is -2.30. The van der Waals surface area contributed by atoms with E-state index in [2.05, 4.69) is 22.1 Å². The molecule has 12 heavy (non-hydrogen) atoms. The summed E-state index contributed by atoms with van der Waals surface area (Å²) in [5.41, 5.74) is 0. The zero-order valence-corrected chi connectivity index (χ0v) is 8.19. The van der Waals surface area contributed by atoms with Crippen LogP contribution in [0.15, 0.2) is 5.10 Å². The maximum Gasteiger partial charge on any atom is 0.110 e. The van der Waals surface area contributed by atoms with Crippen molar-refractivity contribution in [2.45, 2.75) is 0 Å². The van der Waals surface area contributed by atoms with Crippen molar-refractivity contribution in [1.82, 2.24) is 14.8 Å². The van der Waals surface area contributed by atoms with E-state index in [0.29, 0.717) is 0 Å². The van der Waals surface area contributed by atoms with Gasteiger partial charge in [-0.2, -0.15) is 5.10 Å². The standard InChI is InChI=1S/C8H18N4/c1-10(2)8-9-12-6-4-11(3)5-7-12/h8H,4-7H2,1-3H3/b9-8-. The quantitative estimate of drug-likeness (QED) is 0.421. The lowest BCUT2D eigenvalue weighted by atomic mass is 10.4. The van der Waals surface area contributed by atoms with Crippen LogP contribution >= 0.6 is 0 Å². The van der Waals surface area contributed by atoms with Crippen molar-refractivity contribution in [3.63, 3.8) is 0 Å². The molecule has 0 bridgehead atoms. The Balaban J connectivity index is 2.26. The molecule has 1 heterocycles. The predicted octanol–water partition coefficient (Wildman–Crippen LogP) is -0.261. The molecular weight excluding hydrogens is 152 g/mol. The first-order valence-corrected chi connectivity index (χ1v) is 4.32. The molecule has 0 aromatic rings. The molecule has 0 N–H and O–H groups in total. The SMILES string of the molecule is CN(C)/C=N\N1CCN(C)CC1. The van der Waals surface area contributed by atoms with Crippen molar-refractivity contribution in [2.75, 3.05) is 47.3 Å². The molecule has 0 atom stereocenters. The predicted molar refractivity (Wildman–Crippen MR) is 51.2 cm³/mol. The summed E-state index contributed by atoms with van der Waals surface area (Å²) in [5.74, 6) is 0. The fraction of sp³-hybridized carbons (Fsp3) is 0.875. The van der Waals surface area contributed by atoms with E-state index in [1.807, 2.05) is 25.3 Å². The highest BCUT2D eigenvalue weighted by atomic mass is 15.5. The van der Waals surface area contributed by atoms with Gasteiger partial charge in [0.1, 0.15) is 6.34 Å². The normalized spacial score (nSPS) is 20.4. The highest BCUT2D eigenvalue weighted by Crippen LogP contribution is 1.98. The summed E-state index contributed by atoms with van der Waals surface area (Å²) in [5, 5.41) is 6.44. The highest BCUT2D eigenvalue weighted by Gasteiger charge is 2.10. The van der Waals surface area contributed by atoms with Crippen LogP contribution in [0.4, 0.5) is 0 Å². The zero-order valence-electron chi connectivity index (χ0n) is 8.19. The van der Waals surface area contributed by atoms with Crippen molar-refractivity contribution >= 4 is 6.34 Å². The van der Waals surface area contributed by atoms with Gasteiger partial charge in [0.15, 0.2) is 0 Å². The third kappa shape index (κ3) is 3.09. The Bertz CT molecular complexity index is 147. The van der Waals surface area contributed by atoms with Gasteiger partial charge in [0.25, 0.3) is 0 Å². The van der Waals surface area contributed by atoms with Crippen molar-refractivity contribution in [3.8, 4) is 0 Å². The van der Waals surface area contributed by atoms with Gasteiger partial charge < -0.3 is 9.80 Å². The van der Waals surface area contributed by atoms with Crippen LogP contribution < -0.4 is 0 Å². The fourth-order valence-corrected chi connectivity index (χ4v) is 1.09. The lowest BCUT2D eigenvalue weighted by molar-refractivity contribution is 0.158. The number of piperazine rings is 1. The molecule has 0 unspecified atom stereocenters. The lowest BCUT2D eigenvalue weighted by Crippen LogP contribution is -2.42. The Hall–Kier alpha value is -0.770. The van der Waals surface area contributed by atoms with E-state index in [1.54, 1.807) is 0 Å². The number of nitrogens with zero attached hydrogens (tertiary/aromatic N) is 4. The van der Waals surface area contributed by atoms with Gasteiger partial charge in [-0.1, -0.05) is 0 Å². The van der Waals surface area contributed by atoms with Crippen molar-refractivity contribution in [2.24, 2.45) is 5.10 Å². The molecule has 1 aliphatic heterocycles. The molecule has 0 amide bonds. The molecule has 0 radical (unpaired) electrons. The molecule has 0 spiro atoms. The minimum absolute atomic E-state index is 1.04. The summed E-state index contributed by atoms with van der Waals surface area (Å²) in [6.07, 6.45) is 1.85. The van der Waals surface area contributed by atoms with Gasteiger partial charge >= 0.3 is 0 Å². The average molecular weight is 170 g/mol. The molecule has 1 aliphatic rings. The topological polar surface area (TPSA) is 22.1 Å². The smallest absolute Gasteiger partial charge is 0.110 e.